The van der Waals surface area contributed by atoms with Crippen LogP contribution in [0.3, 0.4) is 0 Å². The first-order valence-corrected chi connectivity index (χ1v) is 5.70. The zero-order valence-electron chi connectivity index (χ0n) is 18.8. The SMILES string of the molecule is [2H]C([2H])([2H])C([2H])([2H])C1c2nncn2-c2cnc(Cl)nc2N1C([2H])(C)C([2H])([2H])[2H]. The maximum atomic E-state index is 8.53. The zero-order chi connectivity index (χ0) is 21.3. The molecule has 19 heavy (non-hydrogen) atoms. The normalized spacial score (nSPS) is 29.7. The molecule has 2 unspecified atom stereocenters. The summed E-state index contributed by atoms with van der Waals surface area (Å²) in [6.45, 7) is -5.12. The van der Waals surface area contributed by atoms with E-state index in [2.05, 4.69) is 20.2 Å². The predicted molar refractivity (Wildman–Crippen MR) is 72.6 cm³/mol. The molecule has 0 amide bonds. The predicted octanol–water partition coefficient (Wildman–Crippen LogP) is 2.39. The van der Waals surface area contributed by atoms with Gasteiger partial charge >= 0.3 is 0 Å². The minimum atomic E-state index is -3.17. The molecule has 7 heteroatoms. The lowest BCUT2D eigenvalue weighted by atomic mass is 10.1. The van der Waals surface area contributed by atoms with E-state index < -0.39 is 32.1 Å². The molecule has 100 valence electrons. The average molecular weight is 288 g/mol. The maximum absolute atomic E-state index is 8.53. The van der Waals surface area contributed by atoms with Gasteiger partial charge in [0.25, 0.3) is 0 Å². The number of nitrogens with zero attached hydrogens (tertiary/aromatic N) is 6. The van der Waals surface area contributed by atoms with Gasteiger partial charge in [0.05, 0.1) is 13.6 Å². The van der Waals surface area contributed by atoms with Crippen molar-refractivity contribution in [2.24, 2.45) is 0 Å². The summed E-state index contributed by atoms with van der Waals surface area (Å²) < 4.78 is 72.7. The van der Waals surface area contributed by atoms with E-state index in [0.717, 1.165) is 11.8 Å². The van der Waals surface area contributed by atoms with Gasteiger partial charge in [-0.25, -0.2) is 4.98 Å². The Bertz CT molecular complexity index is 906. The Hall–Kier alpha value is -1.69. The molecule has 3 rings (SSSR count). The minimum Gasteiger partial charge on any atom is -0.342 e. The molecule has 0 saturated carbocycles. The fourth-order valence-corrected chi connectivity index (χ4v) is 2.16. The second-order valence-corrected chi connectivity index (χ2v) is 4.25. The molecule has 0 aliphatic carbocycles. The van der Waals surface area contributed by atoms with Crippen molar-refractivity contribution in [1.82, 2.24) is 24.7 Å². The van der Waals surface area contributed by atoms with Crippen molar-refractivity contribution in [3.05, 3.63) is 23.6 Å². The fourth-order valence-electron chi connectivity index (χ4n) is 2.03. The lowest BCUT2D eigenvalue weighted by Gasteiger charge is -2.39. The van der Waals surface area contributed by atoms with Gasteiger partial charge < -0.3 is 4.90 Å². The number of hydrogen-bond acceptors (Lipinski definition) is 5. The molecule has 3 heterocycles. The topological polar surface area (TPSA) is 59.7 Å². The van der Waals surface area contributed by atoms with Crippen molar-refractivity contribution >= 4 is 17.4 Å². The van der Waals surface area contributed by atoms with E-state index in [-0.39, 0.29) is 22.6 Å². The number of halogens is 1. The third-order valence-corrected chi connectivity index (χ3v) is 2.97. The molecule has 1 aliphatic rings. The Morgan fingerprint density at radius 3 is 3.37 bits per heavy atom. The highest BCUT2D eigenvalue weighted by Crippen LogP contribution is 2.39. The summed E-state index contributed by atoms with van der Waals surface area (Å²) in [6.07, 6.45) is -0.580. The van der Waals surface area contributed by atoms with E-state index in [1.54, 1.807) is 0 Å². The molecule has 2 aromatic heterocycles. The van der Waals surface area contributed by atoms with Gasteiger partial charge in [-0.2, -0.15) is 4.98 Å². The Morgan fingerprint density at radius 2 is 2.58 bits per heavy atom. The van der Waals surface area contributed by atoms with Crippen molar-refractivity contribution in [3.8, 4) is 5.69 Å². The summed E-state index contributed by atoms with van der Waals surface area (Å²) in [4.78, 5) is 8.59. The second-order valence-electron chi connectivity index (χ2n) is 3.91. The lowest BCUT2D eigenvalue weighted by Crippen LogP contribution is -2.40. The van der Waals surface area contributed by atoms with E-state index in [0.29, 0.717) is 0 Å². The fraction of sp³-hybridized carbons (Fsp3) is 0.500. The van der Waals surface area contributed by atoms with E-state index in [4.69, 9.17) is 23.9 Å². The van der Waals surface area contributed by atoms with Gasteiger partial charge in [-0.05, 0) is 31.7 Å². The van der Waals surface area contributed by atoms with Gasteiger partial charge in [0.15, 0.2) is 11.6 Å². The summed E-state index contributed by atoms with van der Waals surface area (Å²) in [6, 6.07) is -4.30. The van der Waals surface area contributed by atoms with Crippen LogP contribution in [-0.2, 0) is 0 Å². The molecule has 0 bridgehead atoms. The molecule has 0 N–H and O–H groups in total. The summed E-state index contributed by atoms with van der Waals surface area (Å²) in [7, 11) is 0. The van der Waals surface area contributed by atoms with Crippen LogP contribution >= 0.6 is 11.6 Å². The van der Waals surface area contributed by atoms with E-state index in [1.165, 1.54) is 17.1 Å². The van der Waals surface area contributed by atoms with Gasteiger partial charge in [-0.1, -0.05) is 6.85 Å². The van der Waals surface area contributed by atoms with Crippen LogP contribution in [0.5, 0.6) is 0 Å². The van der Waals surface area contributed by atoms with E-state index in [1.807, 2.05) is 0 Å². The maximum Gasteiger partial charge on any atom is 0.224 e. The van der Waals surface area contributed by atoms with Gasteiger partial charge in [-0.3, -0.25) is 4.57 Å². The lowest BCUT2D eigenvalue weighted by molar-refractivity contribution is 0.497. The van der Waals surface area contributed by atoms with Crippen LogP contribution in [0.2, 0.25) is 5.28 Å². The molecule has 0 aromatic carbocycles. The van der Waals surface area contributed by atoms with Gasteiger partial charge in [0.1, 0.15) is 12.0 Å². The third-order valence-electron chi connectivity index (χ3n) is 2.78. The van der Waals surface area contributed by atoms with Crippen LogP contribution in [0.25, 0.3) is 5.69 Å². The highest BCUT2D eigenvalue weighted by Gasteiger charge is 2.34. The van der Waals surface area contributed by atoms with Crippen LogP contribution in [0, 0.1) is 0 Å². The Morgan fingerprint density at radius 1 is 1.68 bits per heavy atom. The van der Waals surface area contributed by atoms with Gasteiger partial charge in [0, 0.05) is 17.0 Å². The standard InChI is InChI=1S/C12H15ClN6/c1-4-8-11-17-15-6-18(11)9-5-14-12(13)16-10(9)19(8)7(2)3/h5-8H,4H2,1-3H3/i1D3,2D3,4D2,7D. The molecular weight excluding hydrogens is 264 g/mol. The van der Waals surface area contributed by atoms with Crippen LogP contribution < -0.4 is 4.90 Å². The van der Waals surface area contributed by atoms with Crippen LogP contribution in [0.15, 0.2) is 12.5 Å². The molecule has 0 saturated heterocycles. The van der Waals surface area contributed by atoms with Crippen molar-refractivity contribution < 1.29 is 12.3 Å². The van der Waals surface area contributed by atoms with E-state index in [9.17, 15) is 0 Å². The number of anilines is 1. The molecule has 0 radical (unpaired) electrons. The Kier molecular flexibility index (Phi) is 1.35. The van der Waals surface area contributed by atoms with E-state index >= 15 is 0 Å². The van der Waals surface area contributed by atoms with Crippen LogP contribution in [0.1, 0.15) is 51.2 Å². The minimum absolute atomic E-state index is 0.143. The monoisotopic (exact) mass is 287 g/mol. The molecule has 6 nitrogen and oxygen atoms in total. The average Bonchev–Trinajstić information content (AvgIpc) is 2.99. The van der Waals surface area contributed by atoms with Gasteiger partial charge in [0.2, 0.25) is 5.28 Å². The first-order valence-electron chi connectivity index (χ1n) is 9.83. The molecular formula is C12H15ClN6. The Balaban J connectivity index is 2.40. The highest BCUT2D eigenvalue weighted by atomic mass is 35.5. The summed E-state index contributed by atoms with van der Waals surface area (Å²) in [5, 5.41) is 7.22. The molecule has 0 fully saturated rings. The molecule has 0 spiro atoms. The molecule has 1 aliphatic heterocycles. The first kappa shape index (κ1) is 5.75. The van der Waals surface area contributed by atoms with Crippen molar-refractivity contribution in [2.45, 2.75) is 39.1 Å². The third kappa shape index (κ3) is 1.78. The number of rotatable bonds is 2. The second kappa shape index (κ2) is 4.45. The highest BCUT2D eigenvalue weighted by molar-refractivity contribution is 6.28. The van der Waals surface area contributed by atoms with Crippen LogP contribution in [0.4, 0.5) is 5.82 Å². The van der Waals surface area contributed by atoms with Crippen molar-refractivity contribution in [1.29, 1.82) is 0 Å². The molecule has 2 atom stereocenters. The number of fused-ring (bicyclic) bond motifs is 3. The van der Waals surface area contributed by atoms with Crippen LogP contribution in [-0.4, -0.2) is 30.8 Å². The first-order chi connectivity index (χ1) is 12.6. The van der Waals surface area contributed by atoms with Crippen molar-refractivity contribution in [3.63, 3.8) is 0 Å². The van der Waals surface area contributed by atoms with Gasteiger partial charge in [-0.15, -0.1) is 10.2 Å². The smallest absolute Gasteiger partial charge is 0.224 e. The number of hydrogen-bond donors (Lipinski definition) is 0. The summed E-state index contributed by atoms with van der Waals surface area (Å²) in [5.41, 5.74) is 0.143. The van der Waals surface area contributed by atoms with Crippen molar-refractivity contribution in [2.75, 3.05) is 4.90 Å². The largest absolute Gasteiger partial charge is 0.342 e. The molecule has 2 aromatic rings. The summed E-state index contributed by atoms with van der Waals surface area (Å²) >= 11 is 5.86. The zero-order valence-corrected chi connectivity index (χ0v) is 10.5. The summed E-state index contributed by atoms with van der Waals surface area (Å²) in [5.74, 6) is -0.402. The number of aromatic nitrogens is 5. The Labute approximate surface area is 129 Å². The quantitative estimate of drug-likeness (QED) is 0.794.